The van der Waals surface area contributed by atoms with E-state index in [1.807, 2.05) is 24.3 Å². The maximum absolute atomic E-state index is 12.8. The highest BCUT2D eigenvalue weighted by molar-refractivity contribution is 5.76. The van der Waals surface area contributed by atoms with Crippen molar-refractivity contribution < 1.29 is 20.8 Å². The third-order valence-corrected chi connectivity index (χ3v) is 7.14. The van der Waals surface area contributed by atoms with Crippen LogP contribution in [0.2, 0.25) is 0 Å². The molecule has 192 valence electrons. The van der Waals surface area contributed by atoms with Gasteiger partial charge in [-0.05, 0) is 48.6 Å². The lowest BCUT2D eigenvalue weighted by Crippen LogP contribution is -2.46. The highest BCUT2D eigenvalue weighted by Gasteiger charge is 2.30. The molecule has 0 unspecified atom stereocenters. The number of likely N-dealkylation sites (tertiary alicyclic amines) is 1. The number of aliphatic hydroxyl groups excluding tert-OH is 1. The summed E-state index contributed by atoms with van der Waals surface area (Å²) in [5.41, 5.74) is 2.09. The van der Waals surface area contributed by atoms with Crippen molar-refractivity contribution >= 4 is 5.91 Å². The zero-order valence-electron chi connectivity index (χ0n) is 21.0. The quantitative estimate of drug-likeness (QED) is 0.413. The highest BCUT2D eigenvalue weighted by atomic mass is 16.6. The van der Waals surface area contributed by atoms with Gasteiger partial charge < -0.3 is 24.8 Å². The fraction of sp³-hybridized carbons (Fsp3) is 0.552. The summed E-state index contributed by atoms with van der Waals surface area (Å²) < 4.78 is 11.4. The first-order chi connectivity index (χ1) is 17.1. The minimum absolute atomic E-state index is 0. The molecule has 0 spiro atoms. The summed E-state index contributed by atoms with van der Waals surface area (Å²) in [7, 11) is 0. The van der Waals surface area contributed by atoms with Gasteiger partial charge in [0.1, 0.15) is 19.3 Å². The Morgan fingerprint density at radius 3 is 2.66 bits per heavy atom. The van der Waals surface area contributed by atoms with Gasteiger partial charge >= 0.3 is 0 Å². The molecule has 1 amide bonds. The van der Waals surface area contributed by atoms with Crippen LogP contribution in [0.4, 0.5) is 0 Å². The molecule has 2 aromatic rings. The Morgan fingerprint density at radius 1 is 1.09 bits per heavy atom. The number of nitrogens with one attached hydrogen (secondary N) is 1. The molecule has 2 aliphatic rings. The van der Waals surface area contributed by atoms with Gasteiger partial charge in [0.15, 0.2) is 11.5 Å². The summed E-state index contributed by atoms with van der Waals surface area (Å²) in [6.45, 7) is 5.72. The third kappa shape index (κ3) is 7.21. The Balaban J connectivity index is 0.00000361. The molecule has 6 nitrogen and oxygen atoms in total. The van der Waals surface area contributed by atoms with Gasteiger partial charge in [0, 0.05) is 20.9 Å². The molecule has 2 heterocycles. The highest BCUT2D eigenvalue weighted by Crippen LogP contribution is 2.34. The van der Waals surface area contributed by atoms with Crippen LogP contribution in [0.5, 0.6) is 11.5 Å². The van der Waals surface area contributed by atoms with Gasteiger partial charge in [-0.15, -0.1) is 0 Å². The Kier molecular flexibility index (Phi) is 9.43. The van der Waals surface area contributed by atoms with Crippen molar-refractivity contribution in [3.8, 4) is 11.5 Å². The number of fused-ring (bicyclic) bond motifs is 1. The predicted octanol–water partition coefficient (Wildman–Crippen LogP) is 5.07. The normalized spacial score (nSPS) is 19.3. The van der Waals surface area contributed by atoms with Crippen molar-refractivity contribution in [3.63, 3.8) is 0 Å². The Hall–Kier alpha value is -2.57. The number of aliphatic hydroxyl groups is 1. The summed E-state index contributed by atoms with van der Waals surface area (Å²) >= 11 is 0. The largest absolute Gasteiger partial charge is 0.486 e. The van der Waals surface area contributed by atoms with Crippen LogP contribution in [0.15, 0.2) is 48.5 Å². The molecule has 0 aromatic heterocycles. The monoisotopic (exact) mass is 482 g/mol. The first kappa shape index (κ1) is 25.5. The van der Waals surface area contributed by atoms with Gasteiger partial charge in [-0.1, -0.05) is 69.0 Å². The standard InChI is InChI=1S/C29H40N2O4.H2/c1-2-3-4-5-9-12-28(32)30-25(21-31-16-15-24(20-31)22-10-7-6-8-11-22)29(33)23-13-14-26-27(19-23)35-18-17-34-26;/h6-8,10-11,13-14,19,24-25,29,33H,2-5,9,12,15-18,20-21H2,1H3,(H,30,32);1H/t24-,25+,29+;/m0./s1. The van der Waals surface area contributed by atoms with Gasteiger partial charge in [0.2, 0.25) is 5.91 Å². The zero-order chi connectivity index (χ0) is 24.5. The number of benzene rings is 2. The number of nitrogens with zero attached hydrogens (tertiary/aromatic N) is 1. The van der Waals surface area contributed by atoms with Crippen molar-refractivity contribution in [1.29, 1.82) is 0 Å². The van der Waals surface area contributed by atoms with E-state index in [-0.39, 0.29) is 7.33 Å². The van der Waals surface area contributed by atoms with E-state index < -0.39 is 12.1 Å². The van der Waals surface area contributed by atoms with E-state index >= 15 is 0 Å². The second kappa shape index (κ2) is 12.9. The van der Waals surface area contributed by atoms with E-state index in [0.29, 0.717) is 43.6 Å². The summed E-state index contributed by atoms with van der Waals surface area (Å²) in [4.78, 5) is 15.2. The number of rotatable bonds is 12. The number of ether oxygens (including phenoxy) is 2. The van der Waals surface area contributed by atoms with Gasteiger partial charge in [0.25, 0.3) is 0 Å². The molecule has 0 saturated carbocycles. The van der Waals surface area contributed by atoms with E-state index in [2.05, 4.69) is 41.4 Å². The Labute approximate surface area is 211 Å². The van der Waals surface area contributed by atoms with Crippen LogP contribution in [-0.2, 0) is 4.79 Å². The molecule has 2 N–H and O–H groups in total. The minimum Gasteiger partial charge on any atom is -0.486 e. The van der Waals surface area contributed by atoms with Crippen LogP contribution in [0, 0.1) is 0 Å². The topological polar surface area (TPSA) is 71.0 Å². The second-order valence-corrected chi connectivity index (χ2v) is 9.84. The SMILES string of the molecule is CCCCCCCC(=O)N[C@H](CN1CC[C@H](c2ccccc2)C1)[C@H](O)c1ccc2c(c1)OCCO2.[HH]. The van der Waals surface area contributed by atoms with E-state index in [1.165, 1.54) is 24.8 Å². The maximum atomic E-state index is 12.8. The van der Waals surface area contributed by atoms with Crippen molar-refractivity contribution in [2.45, 2.75) is 69.9 Å². The molecule has 0 aliphatic carbocycles. The molecule has 3 atom stereocenters. The van der Waals surface area contributed by atoms with Crippen molar-refractivity contribution in [3.05, 3.63) is 59.7 Å². The molecule has 4 rings (SSSR count). The lowest BCUT2D eigenvalue weighted by atomic mass is 9.98. The fourth-order valence-corrected chi connectivity index (χ4v) is 5.14. The maximum Gasteiger partial charge on any atom is 0.220 e. The van der Waals surface area contributed by atoms with Crippen LogP contribution in [0.1, 0.15) is 76.4 Å². The summed E-state index contributed by atoms with van der Waals surface area (Å²) in [6.07, 6.45) is 6.29. The Bertz CT molecular complexity index is 942. The van der Waals surface area contributed by atoms with Crippen LogP contribution in [0.3, 0.4) is 0 Å². The number of carbonyl (C=O) groups excluding carboxylic acids is 1. The summed E-state index contributed by atoms with van der Waals surface area (Å²) in [6, 6.07) is 15.8. The van der Waals surface area contributed by atoms with Crippen LogP contribution < -0.4 is 14.8 Å². The number of unbranched alkanes of at least 4 members (excludes halogenated alkanes) is 4. The average Bonchev–Trinajstić information content (AvgIpc) is 3.36. The second-order valence-electron chi connectivity index (χ2n) is 9.84. The van der Waals surface area contributed by atoms with Gasteiger partial charge in [-0.3, -0.25) is 4.79 Å². The molecule has 0 radical (unpaired) electrons. The minimum atomic E-state index is -0.828. The molecule has 6 heteroatoms. The van der Waals surface area contributed by atoms with Gasteiger partial charge in [-0.25, -0.2) is 0 Å². The van der Waals surface area contributed by atoms with Crippen molar-refractivity contribution in [1.82, 2.24) is 10.2 Å². The van der Waals surface area contributed by atoms with E-state index in [1.54, 1.807) is 0 Å². The molecular weight excluding hydrogens is 440 g/mol. The summed E-state index contributed by atoms with van der Waals surface area (Å²) in [5, 5.41) is 14.5. The van der Waals surface area contributed by atoms with E-state index in [9.17, 15) is 9.90 Å². The number of hydrogen-bond donors (Lipinski definition) is 2. The molecule has 2 aliphatic heterocycles. The molecular formula is C29H42N2O4. The Morgan fingerprint density at radius 2 is 1.86 bits per heavy atom. The number of hydrogen-bond acceptors (Lipinski definition) is 5. The summed E-state index contributed by atoms with van der Waals surface area (Å²) in [5.74, 6) is 1.85. The van der Waals surface area contributed by atoms with Crippen molar-refractivity contribution in [2.75, 3.05) is 32.8 Å². The molecule has 1 saturated heterocycles. The average molecular weight is 483 g/mol. The number of amides is 1. The zero-order valence-corrected chi connectivity index (χ0v) is 21.0. The van der Waals surface area contributed by atoms with E-state index in [0.717, 1.165) is 37.9 Å². The van der Waals surface area contributed by atoms with E-state index in [4.69, 9.17) is 9.47 Å². The number of carbonyl (C=O) groups is 1. The lowest BCUT2D eigenvalue weighted by molar-refractivity contribution is -0.123. The van der Waals surface area contributed by atoms with Crippen LogP contribution in [-0.4, -0.2) is 54.8 Å². The fourth-order valence-electron chi connectivity index (χ4n) is 5.14. The molecule has 35 heavy (non-hydrogen) atoms. The first-order valence-corrected chi connectivity index (χ1v) is 13.3. The van der Waals surface area contributed by atoms with Gasteiger partial charge in [-0.2, -0.15) is 0 Å². The predicted molar refractivity (Wildman–Crippen MR) is 140 cm³/mol. The van der Waals surface area contributed by atoms with Crippen LogP contribution in [0.25, 0.3) is 0 Å². The van der Waals surface area contributed by atoms with Crippen molar-refractivity contribution in [2.24, 2.45) is 0 Å². The molecule has 0 bridgehead atoms. The third-order valence-electron chi connectivity index (χ3n) is 7.14. The van der Waals surface area contributed by atoms with Gasteiger partial charge in [0.05, 0.1) is 6.04 Å². The van der Waals surface area contributed by atoms with Crippen LogP contribution >= 0.6 is 0 Å². The first-order valence-electron chi connectivity index (χ1n) is 13.3. The smallest absolute Gasteiger partial charge is 0.220 e. The lowest BCUT2D eigenvalue weighted by Gasteiger charge is -2.29. The molecule has 1 fully saturated rings. The molecule has 2 aromatic carbocycles.